The standard InChI is InChI=1S/C21H27N3O4S/c1-2-15-5-10-18(14-20(15)28-22)27-17-8-6-16(7-9-17)19-4-3-11-24-12-13-29(25,26)23-21(19)24/h5-10,14,19,21,23H,2-4,11-13,22H2,1H3. The first-order valence-corrected chi connectivity index (χ1v) is 11.7. The molecule has 2 saturated heterocycles. The van der Waals surface area contributed by atoms with E-state index in [9.17, 15) is 8.42 Å². The van der Waals surface area contributed by atoms with E-state index in [2.05, 4.69) is 9.62 Å². The van der Waals surface area contributed by atoms with Crippen LogP contribution in [-0.4, -0.2) is 38.3 Å². The summed E-state index contributed by atoms with van der Waals surface area (Å²) in [5.41, 5.74) is 2.14. The maximum absolute atomic E-state index is 12.1. The van der Waals surface area contributed by atoms with Crippen LogP contribution < -0.4 is 20.2 Å². The summed E-state index contributed by atoms with van der Waals surface area (Å²) in [5.74, 6) is 7.63. The number of aryl methyl sites for hydroxylation is 1. The first-order valence-electron chi connectivity index (χ1n) is 10.0. The van der Waals surface area contributed by atoms with Gasteiger partial charge in [0.15, 0.2) is 5.75 Å². The molecule has 0 aromatic heterocycles. The summed E-state index contributed by atoms with van der Waals surface area (Å²) in [4.78, 5) is 7.18. The first kappa shape index (κ1) is 20.2. The molecular formula is C21H27N3O4S. The molecule has 0 saturated carbocycles. The minimum atomic E-state index is -3.19. The second-order valence-electron chi connectivity index (χ2n) is 7.58. The molecule has 4 rings (SSSR count). The van der Waals surface area contributed by atoms with Crippen LogP contribution in [-0.2, 0) is 16.4 Å². The number of hydrogen-bond donors (Lipinski definition) is 2. The number of nitrogens with one attached hydrogen (secondary N) is 1. The van der Waals surface area contributed by atoms with Gasteiger partial charge in [0.05, 0.1) is 11.9 Å². The van der Waals surface area contributed by atoms with E-state index in [0.29, 0.717) is 23.8 Å². The van der Waals surface area contributed by atoms with Gasteiger partial charge in [0.1, 0.15) is 11.5 Å². The summed E-state index contributed by atoms with van der Waals surface area (Å²) in [6.45, 7) is 3.57. The van der Waals surface area contributed by atoms with Crippen LogP contribution in [0.3, 0.4) is 0 Å². The van der Waals surface area contributed by atoms with Gasteiger partial charge in [-0.2, -0.15) is 10.6 Å². The third kappa shape index (κ3) is 4.40. The molecule has 3 N–H and O–H groups in total. The van der Waals surface area contributed by atoms with E-state index < -0.39 is 10.0 Å². The van der Waals surface area contributed by atoms with Crippen LogP contribution in [0.2, 0.25) is 0 Å². The molecule has 0 radical (unpaired) electrons. The van der Waals surface area contributed by atoms with Gasteiger partial charge in [-0.1, -0.05) is 25.1 Å². The second kappa shape index (κ2) is 8.31. The van der Waals surface area contributed by atoms with Crippen molar-refractivity contribution < 1.29 is 18.0 Å². The van der Waals surface area contributed by atoms with Crippen molar-refractivity contribution in [3.8, 4) is 17.2 Å². The molecule has 2 aromatic rings. The van der Waals surface area contributed by atoms with Gasteiger partial charge in [0, 0.05) is 18.5 Å². The number of fused-ring (bicyclic) bond motifs is 1. The van der Waals surface area contributed by atoms with E-state index in [0.717, 1.165) is 36.9 Å². The number of ether oxygens (including phenoxy) is 1. The second-order valence-corrected chi connectivity index (χ2v) is 9.45. The Bertz CT molecular complexity index is 962. The van der Waals surface area contributed by atoms with Gasteiger partial charge in [-0.3, -0.25) is 4.90 Å². The molecule has 0 spiro atoms. The van der Waals surface area contributed by atoms with Crippen LogP contribution in [0.15, 0.2) is 42.5 Å². The molecule has 2 aliphatic heterocycles. The highest BCUT2D eigenvalue weighted by atomic mass is 32.2. The summed E-state index contributed by atoms with van der Waals surface area (Å²) < 4.78 is 32.9. The normalized spacial score (nSPS) is 23.9. The minimum absolute atomic E-state index is 0.133. The Hall–Kier alpha value is -2.13. The number of sulfonamides is 1. The SMILES string of the molecule is CCc1ccc(Oc2ccc(C3CCCN4CCS(=O)(=O)NC34)cc2)cc1ON. The van der Waals surface area contributed by atoms with Crippen molar-refractivity contribution in [3.05, 3.63) is 53.6 Å². The third-order valence-electron chi connectivity index (χ3n) is 5.77. The van der Waals surface area contributed by atoms with Gasteiger partial charge in [0.25, 0.3) is 0 Å². The van der Waals surface area contributed by atoms with Gasteiger partial charge in [0.2, 0.25) is 10.0 Å². The Kier molecular flexibility index (Phi) is 5.78. The van der Waals surface area contributed by atoms with Crippen LogP contribution in [0.4, 0.5) is 0 Å². The molecular weight excluding hydrogens is 390 g/mol. The Morgan fingerprint density at radius 2 is 1.90 bits per heavy atom. The van der Waals surface area contributed by atoms with Crippen molar-refractivity contribution in [3.63, 3.8) is 0 Å². The van der Waals surface area contributed by atoms with Gasteiger partial charge in [-0.25, -0.2) is 8.42 Å². The molecule has 2 aliphatic rings. The number of benzene rings is 2. The summed E-state index contributed by atoms with van der Waals surface area (Å²) >= 11 is 0. The van der Waals surface area contributed by atoms with Crippen molar-refractivity contribution in [1.82, 2.24) is 9.62 Å². The van der Waals surface area contributed by atoms with Crippen molar-refractivity contribution in [2.24, 2.45) is 5.90 Å². The fourth-order valence-corrected chi connectivity index (χ4v) is 5.50. The van der Waals surface area contributed by atoms with Crippen LogP contribution >= 0.6 is 0 Å². The van der Waals surface area contributed by atoms with Crippen molar-refractivity contribution in [1.29, 1.82) is 0 Å². The van der Waals surface area contributed by atoms with Crippen LogP contribution in [0.5, 0.6) is 17.2 Å². The van der Waals surface area contributed by atoms with E-state index in [1.165, 1.54) is 0 Å². The van der Waals surface area contributed by atoms with Crippen LogP contribution in [0, 0.1) is 0 Å². The maximum Gasteiger partial charge on any atom is 0.214 e. The van der Waals surface area contributed by atoms with E-state index >= 15 is 0 Å². The summed E-state index contributed by atoms with van der Waals surface area (Å²) in [6.07, 6.45) is 2.68. The number of nitrogens with two attached hydrogens (primary N) is 1. The molecule has 2 unspecified atom stereocenters. The Morgan fingerprint density at radius 3 is 2.62 bits per heavy atom. The molecule has 156 valence electrons. The van der Waals surface area contributed by atoms with E-state index in [4.69, 9.17) is 15.5 Å². The lowest BCUT2D eigenvalue weighted by Gasteiger charge is -2.44. The van der Waals surface area contributed by atoms with Gasteiger partial charge >= 0.3 is 0 Å². The summed E-state index contributed by atoms with van der Waals surface area (Å²) in [6, 6.07) is 13.5. The number of rotatable bonds is 5. The average molecular weight is 418 g/mol. The zero-order valence-electron chi connectivity index (χ0n) is 16.5. The minimum Gasteiger partial charge on any atom is -0.457 e. The largest absolute Gasteiger partial charge is 0.457 e. The monoisotopic (exact) mass is 417 g/mol. The van der Waals surface area contributed by atoms with E-state index in [-0.39, 0.29) is 17.8 Å². The molecule has 2 aromatic carbocycles. The molecule has 0 bridgehead atoms. The van der Waals surface area contributed by atoms with Crippen LogP contribution in [0.1, 0.15) is 36.8 Å². The zero-order chi connectivity index (χ0) is 20.4. The molecule has 2 atom stereocenters. The van der Waals surface area contributed by atoms with E-state index in [1.807, 2.05) is 43.3 Å². The fourth-order valence-electron chi connectivity index (χ4n) is 4.22. The Labute approximate surface area is 171 Å². The van der Waals surface area contributed by atoms with E-state index in [1.54, 1.807) is 6.07 Å². The van der Waals surface area contributed by atoms with Crippen molar-refractivity contribution >= 4 is 10.0 Å². The number of nitrogens with zero attached hydrogens (tertiary/aromatic N) is 1. The predicted molar refractivity (Wildman–Crippen MR) is 111 cm³/mol. The summed E-state index contributed by atoms with van der Waals surface area (Å²) in [7, 11) is -3.19. The lowest BCUT2D eigenvalue weighted by molar-refractivity contribution is 0.116. The molecule has 2 fully saturated rings. The zero-order valence-corrected chi connectivity index (χ0v) is 17.3. The molecule has 0 aliphatic carbocycles. The van der Waals surface area contributed by atoms with Crippen LogP contribution in [0.25, 0.3) is 0 Å². The third-order valence-corrected chi connectivity index (χ3v) is 7.09. The number of piperidine rings is 1. The molecule has 2 heterocycles. The van der Waals surface area contributed by atoms with Gasteiger partial charge in [-0.05, 0) is 55.1 Å². The maximum atomic E-state index is 12.1. The highest BCUT2D eigenvalue weighted by Gasteiger charge is 2.38. The van der Waals surface area contributed by atoms with Crippen molar-refractivity contribution in [2.75, 3.05) is 18.8 Å². The Balaban J connectivity index is 1.50. The smallest absolute Gasteiger partial charge is 0.214 e. The lowest BCUT2D eigenvalue weighted by Crippen LogP contribution is -2.60. The highest BCUT2D eigenvalue weighted by molar-refractivity contribution is 7.89. The number of hydrogen-bond acceptors (Lipinski definition) is 6. The van der Waals surface area contributed by atoms with Crippen molar-refractivity contribution in [2.45, 2.75) is 38.3 Å². The first-order chi connectivity index (χ1) is 14.0. The molecule has 0 amide bonds. The Morgan fingerprint density at radius 1 is 1.14 bits per heavy atom. The average Bonchev–Trinajstić information content (AvgIpc) is 2.73. The highest BCUT2D eigenvalue weighted by Crippen LogP contribution is 2.35. The predicted octanol–water partition coefficient (Wildman–Crippen LogP) is 2.73. The molecule has 7 nitrogen and oxygen atoms in total. The topological polar surface area (TPSA) is 93.9 Å². The molecule has 8 heteroatoms. The van der Waals surface area contributed by atoms with Gasteiger partial charge < -0.3 is 9.57 Å². The quantitative estimate of drug-likeness (QED) is 0.727. The molecule has 29 heavy (non-hydrogen) atoms. The van der Waals surface area contributed by atoms with Gasteiger partial charge in [-0.15, -0.1) is 0 Å². The summed E-state index contributed by atoms with van der Waals surface area (Å²) in [5, 5.41) is 0. The fraction of sp³-hybridized carbons (Fsp3) is 0.429. The lowest BCUT2D eigenvalue weighted by atomic mass is 9.87.